The lowest BCUT2D eigenvalue weighted by Gasteiger charge is -2.21. The van der Waals surface area contributed by atoms with Gasteiger partial charge in [0.1, 0.15) is 0 Å². The first-order valence-electron chi connectivity index (χ1n) is 20.1. The fraction of sp³-hybridized carbons (Fsp3) is 0. The second-order valence-corrected chi connectivity index (χ2v) is 15.2. The van der Waals surface area contributed by atoms with Crippen LogP contribution in [0.15, 0.2) is 231 Å². The molecule has 0 aliphatic rings. The third-order valence-electron chi connectivity index (χ3n) is 11.9. The topological polar surface area (TPSA) is 0 Å². The van der Waals surface area contributed by atoms with E-state index in [1.165, 1.54) is 110 Å². The molecule has 0 saturated heterocycles. The van der Waals surface area contributed by atoms with E-state index in [-0.39, 0.29) is 0 Å². The van der Waals surface area contributed by atoms with Crippen LogP contribution < -0.4 is 0 Å². The SMILES string of the molecule is c1ccc(-c2cccc(-c3c4cc(-c5ccccc5)ccc4c(-c4cccc5c(-c6cccc7ccccc67)cccc45)c4cc(-c5ccccc5)ccc34)c2)cc1. The molecule has 0 aliphatic carbocycles. The minimum Gasteiger partial charge on any atom is -0.0622 e. The quantitative estimate of drug-likeness (QED) is 0.149. The molecule has 0 spiro atoms. The molecule has 58 heavy (non-hydrogen) atoms. The first kappa shape index (κ1) is 33.8. The minimum absolute atomic E-state index is 1.20. The number of rotatable bonds is 6. The summed E-state index contributed by atoms with van der Waals surface area (Å²) in [7, 11) is 0. The Kier molecular flexibility index (Phi) is 8.26. The molecule has 0 heterocycles. The van der Waals surface area contributed by atoms with Crippen molar-refractivity contribution in [3.63, 3.8) is 0 Å². The van der Waals surface area contributed by atoms with Crippen LogP contribution >= 0.6 is 0 Å². The maximum absolute atomic E-state index is 2.43. The van der Waals surface area contributed by atoms with Gasteiger partial charge < -0.3 is 0 Å². The van der Waals surface area contributed by atoms with Crippen LogP contribution in [0, 0.1) is 0 Å². The molecule has 11 rings (SSSR count). The van der Waals surface area contributed by atoms with E-state index >= 15 is 0 Å². The predicted octanol–water partition coefficient (Wildman–Crippen LogP) is 16.3. The highest BCUT2D eigenvalue weighted by Gasteiger charge is 2.21. The average Bonchev–Trinajstić information content (AvgIpc) is 3.31. The zero-order valence-corrected chi connectivity index (χ0v) is 31.9. The van der Waals surface area contributed by atoms with Gasteiger partial charge in [0, 0.05) is 0 Å². The van der Waals surface area contributed by atoms with Crippen molar-refractivity contribution in [2.24, 2.45) is 0 Å². The molecule has 0 N–H and O–H groups in total. The summed E-state index contributed by atoms with van der Waals surface area (Å²) < 4.78 is 0. The molecule has 0 atom stereocenters. The lowest BCUT2D eigenvalue weighted by molar-refractivity contribution is 1.60. The Bertz CT molecular complexity index is 3300. The van der Waals surface area contributed by atoms with Gasteiger partial charge in [0.05, 0.1) is 0 Å². The highest BCUT2D eigenvalue weighted by atomic mass is 14.2. The molecule has 0 aliphatic heterocycles. The van der Waals surface area contributed by atoms with E-state index in [4.69, 9.17) is 0 Å². The first-order chi connectivity index (χ1) is 28.8. The maximum Gasteiger partial charge on any atom is -0.00199 e. The van der Waals surface area contributed by atoms with Gasteiger partial charge in [-0.15, -0.1) is 0 Å². The summed E-state index contributed by atoms with van der Waals surface area (Å²) in [5, 5.41) is 9.96. The Morgan fingerprint density at radius 1 is 0.172 bits per heavy atom. The van der Waals surface area contributed by atoms with Crippen LogP contribution in [-0.2, 0) is 0 Å². The van der Waals surface area contributed by atoms with Crippen LogP contribution in [0.25, 0.3) is 110 Å². The molecule has 0 saturated carbocycles. The van der Waals surface area contributed by atoms with Crippen LogP contribution in [0.1, 0.15) is 0 Å². The van der Waals surface area contributed by atoms with Crippen molar-refractivity contribution in [1.29, 1.82) is 0 Å². The summed E-state index contributed by atoms with van der Waals surface area (Å²) in [5.41, 5.74) is 14.7. The lowest BCUT2D eigenvalue weighted by atomic mass is 9.82. The van der Waals surface area contributed by atoms with Crippen LogP contribution in [0.3, 0.4) is 0 Å². The summed E-state index contributed by atoms with van der Waals surface area (Å²) >= 11 is 0. The predicted molar refractivity (Wildman–Crippen MR) is 249 cm³/mol. The Morgan fingerprint density at radius 3 is 1.21 bits per heavy atom. The van der Waals surface area contributed by atoms with E-state index in [0.29, 0.717) is 0 Å². The van der Waals surface area contributed by atoms with Crippen LogP contribution in [-0.4, -0.2) is 0 Å². The largest absolute Gasteiger partial charge is 0.0622 e. The molecule has 0 radical (unpaired) electrons. The van der Waals surface area contributed by atoms with Gasteiger partial charge in [0.15, 0.2) is 0 Å². The fourth-order valence-electron chi connectivity index (χ4n) is 9.16. The van der Waals surface area contributed by atoms with Gasteiger partial charge >= 0.3 is 0 Å². The van der Waals surface area contributed by atoms with Crippen molar-refractivity contribution >= 4 is 43.1 Å². The third kappa shape index (κ3) is 5.78. The normalized spacial score (nSPS) is 11.4. The van der Waals surface area contributed by atoms with Crippen molar-refractivity contribution in [3.05, 3.63) is 231 Å². The standard InChI is InChI=1S/C58H38/c1-4-16-39(17-5-1)43-24-12-25-46(36-43)57-53-34-32-45(41-20-8-3-9-21-41)38-56(53)58(54-35-33-44(37-55(54)57)40-18-6-2-7-19-40)52-31-15-29-50-49(28-14-30-51(50)52)48-27-13-23-42-22-10-11-26-47(42)48/h1-38H. The second kappa shape index (κ2) is 14.2. The Balaban J connectivity index is 1.26. The van der Waals surface area contributed by atoms with Gasteiger partial charge in [0.2, 0.25) is 0 Å². The van der Waals surface area contributed by atoms with Crippen LogP contribution in [0.4, 0.5) is 0 Å². The van der Waals surface area contributed by atoms with E-state index in [1.54, 1.807) is 0 Å². The van der Waals surface area contributed by atoms with Crippen molar-refractivity contribution in [2.45, 2.75) is 0 Å². The minimum atomic E-state index is 1.20. The molecule has 11 aromatic carbocycles. The molecule has 0 fully saturated rings. The number of fused-ring (bicyclic) bond motifs is 4. The van der Waals surface area contributed by atoms with E-state index in [2.05, 4.69) is 231 Å². The van der Waals surface area contributed by atoms with Crippen molar-refractivity contribution in [3.8, 4) is 66.8 Å². The molecule has 0 heteroatoms. The van der Waals surface area contributed by atoms with Gasteiger partial charge in [-0.1, -0.05) is 212 Å². The molecule has 0 nitrogen and oxygen atoms in total. The monoisotopic (exact) mass is 734 g/mol. The number of hydrogen-bond donors (Lipinski definition) is 0. The van der Waals surface area contributed by atoms with E-state index in [1.807, 2.05) is 0 Å². The molecule has 270 valence electrons. The summed E-state index contributed by atoms with van der Waals surface area (Å²) in [4.78, 5) is 0. The second-order valence-electron chi connectivity index (χ2n) is 15.2. The highest BCUT2D eigenvalue weighted by molar-refractivity contribution is 6.25. The number of benzene rings is 11. The van der Waals surface area contributed by atoms with Gasteiger partial charge in [-0.2, -0.15) is 0 Å². The van der Waals surface area contributed by atoms with Crippen LogP contribution in [0.5, 0.6) is 0 Å². The first-order valence-corrected chi connectivity index (χ1v) is 20.1. The summed E-state index contributed by atoms with van der Waals surface area (Å²) in [6.07, 6.45) is 0. The zero-order chi connectivity index (χ0) is 38.4. The Morgan fingerprint density at radius 2 is 0.569 bits per heavy atom. The van der Waals surface area contributed by atoms with Crippen molar-refractivity contribution in [1.82, 2.24) is 0 Å². The van der Waals surface area contributed by atoms with Gasteiger partial charge in [-0.3, -0.25) is 0 Å². The summed E-state index contributed by atoms with van der Waals surface area (Å²) in [5.74, 6) is 0. The highest BCUT2D eigenvalue weighted by Crippen LogP contribution is 2.48. The van der Waals surface area contributed by atoms with Gasteiger partial charge in [0.25, 0.3) is 0 Å². The Labute approximate surface area is 339 Å². The summed E-state index contributed by atoms with van der Waals surface area (Å²) in [6, 6.07) is 84.7. The maximum atomic E-state index is 2.43. The molecular weight excluding hydrogens is 697 g/mol. The molecule has 0 aromatic heterocycles. The van der Waals surface area contributed by atoms with E-state index in [9.17, 15) is 0 Å². The van der Waals surface area contributed by atoms with E-state index < -0.39 is 0 Å². The van der Waals surface area contributed by atoms with Gasteiger partial charge in [-0.25, -0.2) is 0 Å². The van der Waals surface area contributed by atoms with Crippen LogP contribution in [0.2, 0.25) is 0 Å². The van der Waals surface area contributed by atoms with Crippen molar-refractivity contribution in [2.75, 3.05) is 0 Å². The third-order valence-corrected chi connectivity index (χ3v) is 11.9. The molecular formula is C58H38. The number of hydrogen-bond acceptors (Lipinski definition) is 0. The molecule has 11 aromatic rings. The zero-order valence-electron chi connectivity index (χ0n) is 31.9. The fourth-order valence-corrected chi connectivity index (χ4v) is 9.16. The Hall–Kier alpha value is -7.54. The van der Waals surface area contributed by atoms with E-state index in [0.717, 1.165) is 0 Å². The van der Waals surface area contributed by atoms with Gasteiger partial charge in [-0.05, 0) is 128 Å². The average molecular weight is 735 g/mol. The molecule has 0 bridgehead atoms. The lowest BCUT2D eigenvalue weighted by Crippen LogP contribution is -1.94. The molecule has 0 amide bonds. The smallest absolute Gasteiger partial charge is 0.00199 e. The molecule has 0 unspecified atom stereocenters. The summed E-state index contributed by atoms with van der Waals surface area (Å²) in [6.45, 7) is 0. The van der Waals surface area contributed by atoms with Crippen molar-refractivity contribution < 1.29 is 0 Å².